The third-order valence-corrected chi connectivity index (χ3v) is 14.5. The van der Waals surface area contributed by atoms with Crippen LogP contribution in [0.4, 0.5) is 17.1 Å². The molecule has 0 unspecified atom stereocenters. The van der Waals surface area contributed by atoms with Gasteiger partial charge in [-0.1, -0.05) is 166 Å². The Morgan fingerprint density at radius 2 is 0.727 bits per heavy atom. The van der Waals surface area contributed by atoms with Gasteiger partial charge < -0.3 is 13.7 Å². The number of hydrogen-bond acceptors (Lipinski definition) is 3. The summed E-state index contributed by atoms with van der Waals surface area (Å²) in [6.07, 6.45) is 0. The van der Waals surface area contributed by atoms with Crippen molar-refractivity contribution in [3.8, 4) is 11.1 Å². The van der Waals surface area contributed by atoms with Gasteiger partial charge in [0.15, 0.2) is 0 Å². The summed E-state index contributed by atoms with van der Waals surface area (Å²) in [5.74, 6) is 0. The molecule has 0 atom stereocenters. The number of hydrogen-bond donors (Lipinski definition) is 0. The fraction of sp³-hybridized carbons (Fsp3) is 0.0476. The van der Waals surface area contributed by atoms with Crippen molar-refractivity contribution in [1.82, 2.24) is 0 Å². The van der Waals surface area contributed by atoms with Gasteiger partial charge in [-0.05, 0) is 131 Å². The van der Waals surface area contributed by atoms with Gasteiger partial charge in [0, 0.05) is 49.4 Å². The molecule has 0 saturated heterocycles. The summed E-state index contributed by atoms with van der Waals surface area (Å²) in [6.45, 7) is 4.71. The molecule has 66 heavy (non-hydrogen) atoms. The van der Waals surface area contributed by atoms with Crippen molar-refractivity contribution in [1.29, 1.82) is 0 Å². The van der Waals surface area contributed by atoms with Crippen molar-refractivity contribution in [2.24, 2.45) is 0 Å². The number of fused-ring (bicyclic) bond motifs is 20. The summed E-state index contributed by atoms with van der Waals surface area (Å²) in [5.41, 5.74) is 11.8. The Hall–Kier alpha value is -8.40. The Labute approximate surface area is 380 Å². The number of benzene rings is 10. The number of anilines is 3. The van der Waals surface area contributed by atoms with Crippen LogP contribution in [0.15, 0.2) is 221 Å². The summed E-state index contributed by atoms with van der Waals surface area (Å²) in [5, 5.41) is 15.9. The summed E-state index contributed by atoms with van der Waals surface area (Å²) in [6, 6.07) is 77.6. The number of furan rings is 2. The molecule has 2 aromatic heterocycles. The van der Waals surface area contributed by atoms with Crippen LogP contribution < -0.4 is 4.90 Å². The van der Waals surface area contributed by atoms with E-state index in [4.69, 9.17) is 8.83 Å². The minimum Gasteiger partial charge on any atom is -0.456 e. The molecule has 11 aromatic carbocycles. The predicted octanol–water partition coefficient (Wildman–Crippen LogP) is 18.2. The first kappa shape index (κ1) is 37.0. The molecule has 0 saturated carbocycles. The molecule has 3 nitrogen and oxygen atoms in total. The number of rotatable bonds is 3. The van der Waals surface area contributed by atoms with Crippen LogP contribution in [0.2, 0.25) is 0 Å². The van der Waals surface area contributed by atoms with Crippen molar-refractivity contribution in [3.63, 3.8) is 0 Å². The van der Waals surface area contributed by atoms with Gasteiger partial charge in [-0.25, -0.2) is 0 Å². The summed E-state index contributed by atoms with van der Waals surface area (Å²) >= 11 is 0. The van der Waals surface area contributed by atoms with Crippen LogP contribution >= 0.6 is 0 Å². The Balaban J connectivity index is 1.15. The topological polar surface area (TPSA) is 29.5 Å². The molecule has 3 heteroatoms. The van der Waals surface area contributed by atoms with Gasteiger partial charge in [0.2, 0.25) is 0 Å². The molecule has 0 radical (unpaired) electrons. The fourth-order valence-corrected chi connectivity index (χ4v) is 11.4. The third kappa shape index (κ3) is 5.26. The average Bonchev–Trinajstić information content (AvgIpc) is 4.01. The molecule has 13 aromatic rings. The molecule has 0 bridgehead atoms. The lowest BCUT2D eigenvalue weighted by Crippen LogP contribution is -2.16. The second-order valence-corrected chi connectivity index (χ2v) is 18.3. The SMILES string of the molecule is CC1(C)c2ccccc2-c2ccc(N(c3ccc4oc5ccccc5c4c3)c3ccc4c5ccccc5c5ccccc5c5ccccc5c5c(ccc6c7ccccc7oc65)c4c3)cc21. The predicted molar refractivity (Wildman–Crippen MR) is 278 cm³/mol. The van der Waals surface area contributed by atoms with E-state index < -0.39 is 0 Å². The van der Waals surface area contributed by atoms with Crippen LogP contribution in [-0.2, 0) is 5.41 Å². The lowest BCUT2D eigenvalue weighted by Gasteiger charge is -2.28. The highest BCUT2D eigenvalue weighted by Gasteiger charge is 2.36. The van der Waals surface area contributed by atoms with Gasteiger partial charge in [0.1, 0.15) is 22.3 Å². The Morgan fingerprint density at radius 3 is 1.42 bits per heavy atom. The van der Waals surface area contributed by atoms with Gasteiger partial charge in [0.05, 0.1) is 0 Å². The van der Waals surface area contributed by atoms with Crippen LogP contribution in [0.3, 0.4) is 0 Å². The first-order valence-corrected chi connectivity index (χ1v) is 22.8. The Morgan fingerprint density at radius 1 is 0.303 bits per heavy atom. The van der Waals surface area contributed by atoms with E-state index in [2.05, 4.69) is 225 Å². The molecule has 0 spiro atoms. The molecular formula is C63H41NO2. The number of para-hydroxylation sites is 2. The van der Waals surface area contributed by atoms with E-state index in [0.717, 1.165) is 87.9 Å². The van der Waals surface area contributed by atoms with E-state index in [1.807, 2.05) is 6.07 Å². The second-order valence-electron chi connectivity index (χ2n) is 18.3. The van der Waals surface area contributed by atoms with Gasteiger partial charge in [-0.15, -0.1) is 0 Å². The van der Waals surface area contributed by atoms with Crippen molar-refractivity contribution in [2.45, 2.75) is 19.3 Å². The average molecular weight is 844 g/mol. The Kier molecular flexibility index (Phi) is 7.74. The standard InChI is InChI=1S/C63H41NO2/c1-63(2)56-24-12-9-20-47(56)48-31-28-40(37-57(48)63)64(39-29-34-60-55(36-39)50-22-11-13-25-58(50)65-60)38-27-30-46-44-18-6-4-16-42(44)41-15-3-5-17-43(41)45-19-7-8-23-51(45)61-52(54(46)35-38)32-33-53-49-21-10-14-26-59(49)66-62(53)61/h3-37H,1-2H3. The van der Waals surface area contributed by atoms with Crippen molar-refractivity contribution in [2.75, 3.05) is 4.90 Å². The minimum atomic E-state index is -0.175. The lowest BCUT2D eigenvalue weighted by molar-refractivity contribution is 0.660. The Bertz CT molecular complexity index is 4280. The summed E-state index contributed by atoms with van der Waals surface area (Å²) < 4.78 is 13.4. The summed E-state index contributed by atoms with van der Waals surface area (Å²) in [7, 11) is 0. The highest BCUT2D eigenvalue weighted by Crippen LogP contribution is 2.51. The van der Waals surface area contributed by atoms with Gasteiger partial charge >= 0.3 is 0 Å². The maximum atomic E-state index is 7.00. The smallest absolute Gasteiger partial charge is 0.143 e. The monoisotopic (exact) mass is 843 g/mol. The molecule has 1 aliphatic rings. The third-order valence-electron chi connectivity index (χ3n) is 14.5. The van der Waals surface area contributed by atoms with Gasteiger partial charge in [-0.2, -0.15) is 0 Å². The lowest BCUT2D eigenvalue weighted by atomic mass is 9.82. The first-order chi connectivity index (χ1) is 32.5. The minimum absolute atomic E-state index is 0.175. The molecule has 0 aliphatic heterocycles. The van der Waals surface area contributed by atoms with Crippen LogP contribution in [0.25, 0.3) is 109 Å². The molecule has 1 aliphatic carbocycles. The van der Waals surface area contributed by atoms with Gasteiger partial charge in [-0.3, -0.25) is 0 Å². The summed E-state index contributed by atoms with van der Waals surface area (Å²) in [4.78, 5) is 2.44. The van der Waals surface area contributed by atoms with Crippen molar-refractivity contribution in [3.05, 3.63) is 223 Å². The van der Waals surface area contributed by atoms with Crippen LogP contribution in [0, 0.1) is 0 Å². The van der Waals surface area contributed by atoms with E-state index in [-0.39, 0.29) is 5.41 Å². The van der Waals surface area contributed by atoms with Crippen molar-refractivity contribution < 1.29 is 8.83 Å². The normalized spacial score (nSPS) is 13.1. The largest absolute Gasteiger partial charge is 0.456 e. The molecule has 0 N–H and O–H groups in total. The fourth-order valence-electron chi connectivity index (χ4n) is 11.4. The van der Waals surface area contributed by atoms with Gasteiger partial charge in [0.25, 0.3) is 0 Å². The second kappa shape index (κ2) is 13.8. The van der Waals surface area contributed by atoms with E-state index in [0.29, 0.717) is 0 Å². The molecule has 310 valence electrons. The molecule has 0 amide bonds. The van der Waals surface area contributed by atoms with E-state index >= 15 is 0 Å². The maximum Gasteiger partial charge on any atom is 0.143 e. The highest BCUT2D eigenvalue weighted by atomic mass is 16.3. The molecule has 2 heterocycles. The number of nitrogens with zero attached hydrogens (tertiary/aromatic N) is 1. The maximum absolute atomic E-state index is 7.00. The van der Waals surface area contributed by atoms with E-state index in [9.17, 15) is 0 Å². The highest BCUT2D eigenvalue weighted by molar-refractivity contribution is 6.31. The zero-order chi connectivity index (χ0) is 43.7. The zero-order valence-corrected chi connectivity index (χ0v) is 36.5. The van der Waals surface area contributed by atoms with Crippen LogP contribution in [0.1, 0.15) is 25.0 Å². The molecular weight excluding hydrogens is 803 g/mol. The molecule has 14 rings (SSSR count). The van der Waals surface area contributed by atoms with E-state index in [1.54, 1.807) is 0 Å². The van der Waals surface area contributed by atoms with Crippen molar-refractivity contribution >= 4 is 115 Å². The van der Waals surface area contributed by atoms with Crippen LogP contribution in [-0.4, -0.2) is 0 Å². The zero-order valence-electron chi connectivity index (χ0n) is 36.5. The van der Waals surface area contributed by atoms with E-state index in [1.165, 1.54) is 49.2 Å². The van der Waals surface area contributed by atoms with Crippen LogP contribution in [0.5, 0.6) is 0 Å². The first-order valence-electron chi connectivity index (χ1n) is 22.8. The quantitative estimate of drug-likeness (QED) is 0.177. The molecule has 0 fully saturated rings.